The molecule has 5 aromatic rings. The van der Waals surface area contributed by atoms with Gasteiger partial charge < -0.3 is 24.2 Å². The summed E-state index contributed by atoms with van der Waals surface area (Å²) in [5.41, 5.74) is 8.26. The molecule has 1 amide bonds. The topological polar surface area (TPSA) is 76.8 Å². The summed E-state index contributed by atoms with van der Waals surface area (Å²) >= 11 is 0. The molecule has 47 heavy (non-hydrogen) atoms. The summed E-state index contributed by atoms with van der Waals surface area (Å²) in [6.07, 6.45) is 2.05. The summed E-state index contributed by atoms with van der Waals surface area (Å²) in [7, 11) is 2.16. The van der Waals surface area contributed by atoms with E-state index in [0.717, 1.165) is 59.5 Å². The van der Waals surface area contributed by atoms with E-state index in [1.807, 2.05) is 61.5 Å². The molecule has 0 atom stereocenters. The van der Waals surface area contributed by atoms with E-state index in [-0.39, 0.29) is 17.5 Å². The zero-order valence-corrected chi connectivity index (χ0v) is 27.7. The Kier molecular flexibility index (Phi) is 10.0. The van der Waals surface area contributed by atoms with Crippen molar-refractivity contribution in [2.75, 3.05) is 20.1 Å². The number of rotatable bonds is 11. The van der Waals surface area contributed by atoms with Crippen LogP contribution in [0, 0.1) is 0 Å². The zero-order chi connectivity index (χ0) is 32.8. The number of nitrogens with one attached hydrogen (secondary N) is 1. The van der Waals surface area contributed by atoms with Crippen molar-refractivity contribution in [1.29, 1.82) is 0 Å². The number of fused-ring (bicyclic) bond motifs is 1. The second-order valence-corrected chi connectivity index (χ2v) is 12.5. The van der Waals surface area contributed by atoms with Crippen molar-refractivity contribution in [1.82, 2.24) is 15.4 Å². The molecule has 242 valence electrons. The molecule has 0 spiro atoms. The number of nitrogens with zero attached hydrogens (tertiary/aromatic N) is 2. The SMILES string of the molecule is CCNC(=O)c1noc(-c2cc(C(C)C)c(OCc3ccccc3)cc2OCc2ccccc2)c1-c1ccc2c(c1)CCCN(C)C2. The lowest BCUT2D eigenvalue weighted by molar-refractivity contribution is 0.0947. The molecule has 2 heterocycles. The Hall–Kier alpha value is -4.88. The highest BCUT2D eigenvalue weighted by Gasteiger charge is 2.28. The Bertz CT molecular complexity index is 1810. The molecule has 1 N–H and O–H groups in total. The fraction of sp³-hybridized carbons (Fsp3) is 0.300. The molecule has 0 aliphatic carbocycles. The van der Waals surface area contributed by atoms with Gasteiger partial charge in [-0.05, 0) is 78.7 Å². The van der Waals surface area contributed by atoms with Crippen LogP contribution >= 0.6 is 0 Å². The smallest absolute Gasteiger partial charge is 0.274 e. The second kappa shape index (κ2) is 14.7. The van der Waals surface area contributed by atoms with E-state index >= 15 is 0 Å². The minimum atomic E-state index is -0.272. The number of ether oxygens (including phenoxy) is 2. The molecule has 0 saturated heterocycles. The van der Waals surface area contributed by atoms with Gasteiger partial charge in [-0.15, -0.1) is 0 Å². The van der Waals surface area contributed by atoms with Crippen LogP contribution in [0.25, 0.3) is 22.5 Å². The molecular weight excluding hydrogens is 586 g/mol. The number of hydrogen-bond donors (Lipinski definition) is 1. The Balaban J connectivity index is 1.49. The van der Waals surface area contributed by atoms with Gasteiger partial charge in [0.2, 0.25) is 0 Å². The number of aryl methyl sites for hydroxylation is 1. The van der Waals surface area contributed by atoms with E-state index in [0.29, 0.717) is 36.8 Å². The van der Waals surface area contributed by atoms with Crippen LogP contribution in [-0.2, 0) is 26.2 Å². The van der Waals surface area contributed by atoms with Gasteiger partial charge in [0.1, 0.15) is 24.7 Å². The van der Waals surface area contributed by atoms with Crippen LogP contribution in [0.5, 0.6) is 11.5 Å². The fourth-order valence-corrected chi connectivity index (χ4v) is 6.14. The maximum absolute atomic E-state index is 13.4. The van der Waals surface area contributed by atoms with Crippen molar-refractivity contribution in [3.05, 3.63) is 125 Å². The van der Waals surface area contributed by atoms with Gasteiger partial charge in [-0.3, -0.25) is 4.79 Å². The van der Waals surface area contributed by atoms with Gasteiger partial charge in [0.05, 0.1) is 11.1 Å². The Morgan fingerprint density at radius 1 is 0.894 bits per heavy atom. The number of aromatic nitrogens is 1. The predicted octanol–water partition coefficient (Wildman–Crippen LogP) is 8.42. The Labute approximate surface area is 277 Å². The first-order chi connectivity index (χ1) is 22.9. The lowest BCUT2D eigenvalue weighted by Gasteiger charge is -2.19. The minimum absolute atomic E-state index is 0.140. The first-order valence-electron chi connectivity index (χ1n) is 16.5. The summed E-state index contributed by atoms with van der Waals surface area (Å²) < 4.78 is 19.2. The molecular formula is C40H43N3O4. The first-order valence-corrected chi connectivity index (χ1v) is 16.5. The maximum atomic E-state index is 13.4. The second-order valence-electron chi connectivity index (χ2n) is 12.5. The van der Waals surface area contributed by atoms with Crippen LogP contribution < -0.4 is 14.8 Å². The van der Waals surface area contributed by atoms with Crippen LogP contribution in [0.2, 0.25) is 0 Å². The molecule has 1 aliphatic heterocycles. The molecule has 6 rings (SSSR count). The summed E-state index contributed by atoms with van der Waals surface area (Å²) in [6.45, 7) is 9.39. The van der Waals surface area contributed by atoms with Crippen LogP contribution in [0.15, 0.2) is 95.5 Å². The number of carbonyl (C=O) groups excluding carboxylic acids is 1. The number of hydrogen-bond acceptors (Lipinski definition) is 6. The van der Waals surface area contributed by atoms with Gasteiger partial charge >= 0.3 is 0 Å². The van der Waals surface area contributed by atoms with Crippen molar-refractivity contribution in [3.8, 4) is 33.9 Å². The molecule has 7 nitrogen and oxygen atoms in total. The van der Waals surface area contributed by atoms with Crippen LogP contribution in [-0.4, -0.2) is 36.1 Å². The van der Waals surface area contributed by atoms with Crippen molar-refractivity contribution < 1.29 is 18.8 Å². The van der Waals surface area contributed by atoms with E-state index in [1.54, 1.807) is 0 Å². The third-order valence-corrected chi connectivity index (χ3v) is 8.62. The summed E-state index contributed by atoms with van der Waals surface area (Å²) in [5, 5.41) is 7.31. The fourth-order valence-electron chi connectivity index (χ4n) is 6.14. The molecule has 0 unspecified atom stereocenters. The highest BCUT2D eigenvalue weighted by Crippen LogP contribution is 2.45. The molecule has 1 aromatic heterocycles. The Morgan fingerprint density at radius 2 is 1.57 bits per heavy atom. The normalized spacial score (nSPS) is 13.2. The van der Waals surface area contributed by atoms with Crippen LogP contribution in [0.4, 0.5) is 0 Å². The van der Waals surface area contributed by atoms with E-state index in [9.17, 15) is 4.79 Å². The molecule has 0 radical (unpaired) electrons. The first kappa shape index (κ1) is 32.1. The molecule has 1 aliphatic rings. The van der Waals surface area contributed by atoms with Gasteiger partial charge in [0.25, 0.3) is 5.91 Å². The highest BCUT2D eigenvalue weighted by atomic mass is 16.5. The lowest BCUT2D eigenvalue weighted by atomic mass is 9.92. The van der Waals surface area contributed by atoms with Gasteiger partial charge in [0, 0.05) is 19.2 Å². The molecule has 0 fully saturated rings. The quantitative estimate of drug-likeness (QED) is 0.158. The molecule has 0 bridgehead atoms. The van der Waals surface area contributed by atoms with E-state index < -0.39 is 0 Å². The van der Waals surface area contributed by atoms with E-state index in [1.165, 1.54) is 11.1 Å². The molecule has 7 heteroatoms. The van der Waals surface area contributed by atoms with Crippen LogP contribution in [0.1, 0.15) is 71.4 Å². The average molecular weight is 630 g/mol. The predicted molar refractivity (Wildman–Crippen MR) is 186 cm³/mol. The molecule has 4 aromatic carbocycles. The van der Waals surface area contributed by atoms with Crippen LogP contribution in [0.3, 0.4) is 0 Å². The van der Waals surface area contributed by atoms with E-state index in [4.69, 9.17) is 14.0 Å². The highest BCUT2D eigenvalue weighted by molar-refractivity contribution is 6.02. The summed E-state index contributed by atoms with van der Waals surface area (Å²) in [5.74, 6) is 1.70. The Morgan fingerprint density at radius 3 is 2.23 bits per heavy atom. The van der Waals surface area contributed by atoms with Gasteiger partial charge in [0.15, 0.2) is 11.5 Å². The van der Waals surface area contributed by atoms with Gasteiger partial charge in [-0.25, -0.2) is 0 Å². The zero-order valence-electron chi connectivity index (χ0n) is 27.7. The standard InChI is InChI=1S/C40H43N3O4/c1-5-41-40(44)38-37(31-18-19-32-24-43(4)20-12-17-30(32)21-31)39(47-42-38)34-22-33(27(2)3)35(45-25-28-13-8-6-9-14-28)23-36(34)46-26-29-15-10-7-11-16-29/h6-11,13-16,18-19,21-23,27H,5,12,17,20,24-26H2,1-4H3,(H,41,44). The van der Waals surface area contributed by atoms with Crippen molar-refractivity contribution in [2.24, 2.45) is 0 Å². The van der Waals surface area contributed by atoms with Crippen molar-refractivity contribution in [2.45, 2.75) is 59.3 Å². The lowest BCUT2D eigenvalue weighted by Crippen LogP contribution is -2.23. The molecule has 0 saturated carbocycles. The minimum Gasteiger partial charge on any atom is -0.488 e. The van der Waals surface area contributed by atoms with Gasteiger partial charge in [-0.2, -0.15) is 0 Å². The third kappa shape index (κ3) is 7.42. The van der Waals surface area contributed by atoms with Crippen molar-refractivity contribution in [3.63, 3.8) is 0 Å². The summed E-state index contributed by atoms with van der Waals surface area (Å²) in [4.78, 5) is 15.8. The van der Waals surface area contributed by atoms with E-state index in [2.05, 4.69) is 72.7 Å². The number of benzene rings is 4. The van der Waals surface area contributed by atoms with Gasteiger partial charge in [-0.1, -0.05) is 97.9 Å². The summed E-state index contributed by atoms with van der Waals surface area (Å²) in [6, 6.07) is 30.7. The maximum Gasteiger partial charge on any atom is 0.274 e. The largest absolute Gasteiger partial charge is 0.488 e. The monoisotopic (exact) mass is 629 g/mol. The average Bonchev–Trinajstić information content (AvgIpc) is 3.44. The number of amides is 1. The number of carbonyl (C=O) groups is 1. The third-order valence-electron chi connectivity index (χ3n) is 8.62. The van der Waals surface area contributed by atoms with Crippen molar-refractivity contribution >= 4 is 5.91 Å².